The van der Waals surface area contributed by atoms with E-state index in [1.54, 1.807) is 0 Å². The summed E-state index contributed by atoms with van der Waals surface area (Å²) >= 11 is 3.36. The monoisotopic (exact) mass is 299 g/mol. The Hall–Kier alpha value is -1.03. The van der Waals surface area contributed by atoms with Crippen molar-refractivity contribution >= 4 is 21.8 Å². The standard InChI is InChI=1S/C13H18BrNO2/c1-9(2)10(3)15-13(16)8-17-12-7-5-4-6-11(12)14/h4-7,9-10H,8H2,1-3H3,(H,15,16). The summed E-state index contributed by atoms with van der Waals surface area (Å²) in [4.78, 5) is 11.6. The molecule has 0 saturated heterocycles. The molecule has 1 rings (SSSR count). The minimum Gasteiger partial charge on any atom is -0.483 e. The summed E-state index contributed by atoms with van der Waals surface area (Å²) in [5.41, 5.74) is 0. The van der Waals surface area contributed by atoms with Crippen LogP contribution >= 0.6 is 15.9 Å². The van der Waals surface area contributed by atoms with Crippen molar-refractivity contribution in [3.8, 4) is 5.75 Å². The second kappa shape index (κ2) is 6.64. The highest BCUT2D eigenvalue weighted by molar-refractivity contribution is 9.10. The van der Waals surface area contributed by atoms with Crippen LogP contribution in [0.25, 0.3) is 0 Å². The molecule has 1 aromatic rings. The summed E-state index contributed by atoms with van der Waals surface area (Å²) in [6.45, 7) is 6.17. The van der Waals surface area contributed by atoms with Gasteiger partial charge in [-0.2, -0.15) is 0 Å². The first-order valence-electron chi connectivity index (χ1n) is 5.67. The minimum atomic E-state index is -0.0954. The molecular formula is C13H18BrNO2. The molecule has 0 aliphatic heterocycles. The molecule has 1 amide bonds. The van der Waals surface area contributed by atoms with Gasteiger partial charge in [-0.15, -0.1) is 0 Å². The molecule has 94 valence electrons. The molecule has 0 aromatic heterocycles. The van der Waals surface area contributed by atoms with E-state index >= 15 is 0 Å². The SMILES string of the molecule is CC(C)C(C)NC(=O)COc1ccccc1Br. The molecule has 1 atom stereocenters. The number of para-hydroxylation sites is 1. The number of amides is 1. The Balaban J connectivity index is 2.41. The lowest BCUT2D eigenvalue weighted by Crippen LogP contribution is -2.38. The average Bonchev–Trinajstić information content (AvgIpc) is 2.27. The molecule has 17 heavy (non-hydrogen) atoms. The van der Waals surface area contributed by atoms with Gasteiger partial charge in [0.15, 0.2) is 6.61 Å². The predicted octanol–water partition coefficient (Wildman–Crippen LogP) is 2.99. The van der Waals surface area contributed by atoms with E-state index in [1.165, 1.54) is 0 Å². The molecule has 0 spiro atoms. The summed E-state index contributed by atoms with van der Waals surface area (Å²) in [6.07, 6.45) is 0. The number of carbonyl (C=O) groups excluding carboxylic acids is 1. The van der Waals surface area contributed by atoms with Crippen LogP contribution in [0.5, 0.6) is 5.75 Å². The predicted molar refractivity (Wildman–Crippen MR) is 72.1 cm³/mol. The first-order valence-corrected chi connectivity index (χ1v) is 6.46. The number of hydrogen-bond acceptors (Lipinski definition) is 2. The molecule has 0 aliphatic rings. The third-order valence-corrected chi connectivity index (χ3v) is 3.24. The van der Waals surface area contributed by atoms with Gasteiger partial charge < -0.3 is 10.1 Å². The lowest BCUT2D eigenvalue weighted by molar-refractivity contribution is -0.124. The van der Waals surface area contributed by atoms with Crippen LogP contribution in [0.1, 0.15) is 20.8 Å². The zero-order valence-corrected chi connectivity index (χ0v) is 12.0. The maximum atomic E-state index is 11.6. The number of rotatable bonds is 5. The van der Waals surface area contributed by atoms with E-state index in [2.05, 4.69) is 35.1 Å². The Morgan fingerprint density at radius 2 is 2.00 bits per heavy atom. The molecule has 1 aromatic carbocycles. The highest BCUT2D eigenvalue weighted by Gasteiger charge is 2.11. The van der Waals surface area contributed by atoms with Crippen LogP contribution in [0.15, 0.2) is 28.7 Å². The maximum Gasteiger partial charge on any atom is 0.258 e. The Morgan fingerprint density at radius 1 is 1.35 bits per heavy atom. The average molecular weight is 300 g/mol. The highest BCUT2D eigenvalue weighted by Crippen LogP contribution is 2.23. The van der Waals surface area contributed by atoms with Gasteiger partial charge in [0.05, 0.1) is 4.47 Å². The van der Waals surface area contributed by atoms with E-state index < -0.39 is 0 Å². The summed E-state index contributed by atoms with van der Waals surface area (Å²) in [7, 11) is 0. The number of benzene rings is 1. The fourth-order valence-corrected chi connectivity index (χ4v) is 1.57. The minimum absolute atomic E-state index is 0.0413. The van der Waals surface area contributed by atoms with Crippen LogP contribution in [0, 0.1) is 5.92 Å². The van der Waals surface area contributed by atoms with Crippen molar-refractivity contribution in [3.05, 3.63) is 28.7 Å². The molecule has 3 nitrogen and oxygen atoms in total. The fourth-order valence-electron chi connectivity index (χ4n) is 1.17. The van der Waals surface area contributed by atoms with Gasteiger partial charge in [-0.3, -0.25) is 4.79 Å². The number of halogens is 1. The van der Waals surface area contributed by atoms with Gasteiger partial charge >= 0.3 is 0 Å². The molecule has 0 bridgehead atoms. The lowest BCUT2D eigenvalue weighted by atomic mass is 10.1. The number of carbonyl (C=O) groups is 1. The van der Waals surface area contributed by atoms with Crippen molar-refractivity contribution in [2.45, 2.75) is 26.8 Å². The van der Waals surface area contributed by atoms with Gasteiger partial charge in [0.2, 0.25) is 0 Å². The van der Waals surface area contributed by atoms with Gasteiger partial charge in [0, 0.05) is 6.04 Å². The van der Waals surface area contributed by atoms with Crippen molar-refractivity contribution in [1.29, 1.82) is 0 Å². The van der Waals surface area contributed by atoms with E-state index in [0.717, 1.165) is 4.47 Å². The van der Waals surface area contributed by atoms with E-state index in [0.29, 0.717) is 11.7 Å². The highest BCUT2D eigenvalue weighted by atomic mass is 79.9. The zero-order valence-electron chi connectivity index (χ0n) is 10.4. The largest absolute Gasteiger partial charge is 0.483 e. The second-order valence-electron chi connectivity index (χ2n) is 4.32. The van der Waals surface area contributed by atoms with Crippen LogP contribution in [0.4, 0.5) is 0 Å². The van der Waals surface area contributed by atoms with Gasteiger partial charge in [-0.25, -0.2) is 0 Å². The Labute approximate surface area is 111 Å². The van der Waals surface area contributed by atoms with Gasteiger partial charge in [-0.1, -0.05) is 26.0 Å². The lowest BCUT2D eigenvalue weighted by Gasteiger charge is -2.17. The van der Waals surface area contributed by atoms with Gasteiger partial charge in [0.1, 0.15) is 5.75 Å². The molecular weight excluding hydrogens is 282 g/mol. The topological polar surface area (TPSA) is 38.3 Å². The number of nitrogens with one attached hydrogen (secondary N) is 1. The number of hydrogen-bond donors (Lipinski definition) is 1. The first kappa shape index (κ1) is 14.0. The van der Waals surface area contributed by atoms with Crippen molar-refractivity contribution < 1.29 is 9.53 Å². The van der Waals surface area contributed by atoms with Crippen molar-refractivity contribution in [3.63, 3.8) is 0 Å². The fraction of sp³-hybridized carbons (Fsp3) is 0.462. The maximum absolute atomic E-state index is 11.6. The van der Waals surface area contributed by atoms with Crippen molar-refractivity contribution in [2.75, 3.05) is 6.61 Å². The van der Waals surface area contributed by atoms with Gasteiger partial charge in [0.25, 0.3) is 5.91 Å². The van der Waals surface area contributed by atoms with Crippen LogP contribution in [0.2, 0.25) is 0 Å². The summed E-state index contributed by atoms with van der Waals surface area (Å²) in [5, 5.41) is 2.89. The second-order valence-corrected chi connectivity index (χ2v) is 5.17. The molecule has 0 aliphatic carbocycles. The Morgan fingerprint density at radius 3 is 2.59 bits per heavy atom. The Kier molecular flexibility index (Phi) is 5.48. The van der Waals surface area contributed by atoms with E-state index in [-0.39, 0.29) is 18.6 Å². The summed E-state index contributed by atoms with van der Waals surface area (Å²) in [6, 6.07) is 7.63. The molecule has 0 fully saturated rings. The van der Waals surface area contributed by atoms with E-state index in [4.69, 9.17) is 4.74 Å². The molecule has 0 saturated carbocycles. The van der Waals surface area contributed by atoms with Crippen LogP contribution < -0.4 is 10.1 Å². The van der Waals surface area contributed by atoms with Gasteiger partial charge in [-0.05, 0) is 40.9 Å². The number of ether oxygens (including phenoxy) is 1. The van der Waals surface area contributed by atoms with E-state index in [1.807, 2.05) is 31.2 Å². The molecule has 1 unspecified atom stereocenters. The molecule has 1 N–H and O–H groups in total. The van der Waals surface area contributed by atoms with Crippen molar-refractivity contribution in [2.24, 2.45) is 5.92 Å². The third-order valence-electron chi connectivity index (χ3n) is 2.58. The van der Waals surface area contributed by atoms with Crippen molar-refractivity contribution in [1.82, 2.24) is 5.32 Å². The van der Waals surface area contributed by atoms with E-state index in [9.17, 15) is 4.79 Å². The van der Waals surface area contributed by atoms with Crippen LogP contribution in [0.3, 0.4) is 0 Å². The quantitative estimate of drug-likeness (QED) is 0.908. The first-order chi connectivity index (χ1) is 8.00. The summed E-state index contributed by atoms with van der Waals surface area (Å²) < 4.78 is 6.27. The zero-order chi connectivity index (χ0) is 12.8. The molecule has 0 heterocycles. The Bertz CT molecular complexity index is 379. The molecule has 0 radical (unpaired) electrons. The smallest absolute Gasteiger partial charge is 0.258 e. The van der Waals surface area contributed by atoms with Crippen LogP contribution in [-0.2, 0) is 4.79 Å². The normalized spacial score (nSPS) is 12.3. The summed E-state index contributed by atoms with van der Waals surface area (Å²) in [5.74, 6) is 1.00. The third kappa shape index (κ3) is 4.77. The molecule has 4 heteroatoms. The van der Waals surface area contributed by atoms with Crippen LogP contribution in [-0.4, -0.2) is 18.6 Å².